The van der Waals surface area contributed by atoms with Crippen LogP contribution in [0.4, 0.5) is 9.18 Å². The van der Waals surface area contributed by atoms with Crippen LogP contribution in [-0.4, -0.2) is 130 Å². The highest BCUT2D eigenvalue weighted by Gasteiger charge is 2.50. The molecule has 7 rings (SSSR count). The molecule has 0 radical (unpaired) electrons. The van der Waals surface area contributed by atoms with Crippen molar-refractivity contribution in [2.24, 2.45) is 11.3 Å². The van der Waals surface area contributed by atoms with Gasteiger partial charge in [-0.25, -0.2) is 14.6 Å². The van der Waals surface area contributed by atoms with Crippen LogP contribution in [0.25, 0.3) is 33.3 Å². The Kier molecular flexibility index (Phi) is 15.1. The molecule has 3 aliphatic heterocycles. The molecule has 3 N–H and O–H groups in total. The van der Waals surface area contributed by atoms with Gasteiger partial charge in [-0.1, -0.05) is 39.8 Å². The zero-order valence-electron chi connectivity index (χ0n) is 40.4. The normalized spacial score (nSPS) is 21.8. The molecule has 2 aromatic carbocycles. The lowest BCUT2D eigenvalue weighted by molar-refractivity contribution is -0.154. The first-order chi connectivity index (χ1) is 32.3. The third kappa shape index (κ3) is 10.3. The fourth-order valence-electron chi connectivity index (χ4n) is 9.80. The van der Waals surface area contributed by atoms with E-state index in [0.29, 0.717) is 36.9 Å². The number of alkyl halides is 1. The number of methoxy groups -OCH3 is 2. The number of aromatic hydroxyl groups is 1. The maximum Gasteiger partial charge on any atom is 0.409 e. The molecular formula is C50H64FN7O9S. The molecule has 366 valence electrons. The summed E-state index contributed by atoms with van der Waals surface area (Å²) in [6.45, 7) is 12.1. The Morgan fingerprint density at radius 1 is 1.09 bits per heavy atom. The highest BCUT2D eigenvalue weighted by atomic mass is 32.2. The Balaban J connectivity index is 1.27. The maximum absolute atomic E-state index is 16.2. The Morgan fingerprint density at radius 2 is 1.85 bits per heavy atom. The van der Waals surface area contributed by atoms with Crippen molar-refractivity contribution in [3.8, 4) is 28.1 Å². The summed E-state index contributed by atoms with van der Waals surface area (Å²) >= 11 is 0.843. The van der Waals surface area contributed by atoms with Gasteiger partial charge in [0.1, 0.15) is 23.1 Å². The number of nitrogens with one attached hydrogen (secondary N) is 2. The smallest absolute Gasteiger partial charge is 0.409 e. The number of carbonyl (C=O) groups excluding carboxylic acids is 5. The summed E-state index contributed by atoms with van der Waals surface area (Å²) in [6.07, 6.45) is 1.95. The third-order valence-electron chi connectivity index (χ3n) is 13.3. The largest absolute Gasteiger partial charge is 0.508 e. The molecule has 4 amide bonds. The lowest BCUT2D eigenvalue weighted by atomic mass is 9.84. The topological polar surface area (TPSA) is 185 Å². The summed E-state index contributed by atoms with van der Waals surface area (Å²) in [6, 6.07) is 13.4. The van der Waals surface area contributed by atoms with Gasteiger partial charge in [0.25, 0.3) is 17.7 Å². The van der Waals surface area contributed by atoms with Crippen LogP contribution in [0.5, 0.6) is 5.75 Å². The average molecular weight is 958 g/mol. The lowest BCUT2D eigenvalue weighted by Gasteiger charge is -2.36. The van der Waals surface area contributed by atoms with Crippen LogP contribution >= 0.6 is 11.9 Å². The standard InChI is InChI=1S/C50H64FN7O9S/c1-10-57-39-16-15-32-25-36(39)37(43(57)35-13-11-18-52-41(35)30(4)65-8)26-49(5,6)28-67-46(62)38-14-12-19-58(53-38)45(61)40(23-31-21-33(32)24-34(59)22-31)68-54-44(60)42(29(2)3)55(7)47(63)50(51)17-20-56(27-50)48(64)66-9/h11,13,15-16,18,21-22,24-25,29-30,38,40,42,53,59H,10,12,14,17,19-20,23,26-28H2,1-9H3,(H,54,60)/t30-,38-,40-,42-,50-/m0/s1. The molecule has 2 fully saturated rings. The predicted octanol–water partition coefficient (Wildman–Crippen LogP) is 6.76. The number of phenolic OH excluding ortho intramolecular Hbond substituents is 1. The predicted molar refractivity (Wildman–Crippen MR) is 257 cm³/mol. The van der Waals surface area contributed by atoms with Crippen molar-refractivity contribution in [3.63, 3.8) is 0 Å². The number of esters is 1. The monoisotopic (exact) mass is 957 g/mol. The van der Waals surface area contributed by atoms with Gasteiger partial charge in [-0.15, -0.1) is 0 Å². The van der Waals surface area contributed by atoms with E-state index in [0.717, 1.165) is 60.7 Å². The number of hydrazine groups is 1. The number of ether oxygens (including phenoxy) is 3. The second-order valence-corrected chi connectivity index (χ2v) is 20.3. The van der Waals surface area contributed by atoms with Crippen LogP contribution in [0.15, 0.2) is 54.7 Å². The van der Waals surface area contributed by atoms with Crippen molar-refractivity contribution in [2.75, 3.05) is 47.5 Å². The van der Waals surface area contributed by atoms with Crippen LogP contribution in [0, 0.1) is 11.3 Å². The summed E-state index contributed by atoms with van der Waals surface area (Å²) < 4.78 is 37.9. The van der Waals surface area contributed by atoms with Gasteiger partial charge in [0.05, 0.1) is 37.8 Å². The number of halogens is 1. The first-order valence-corrected chi connectivity index (χ1v) is 24.1. The van der Waals surface area contributed by atoms with Crippen LogP contribution in [-0.2, 0) is 52.8 Å². The van der Waals surface area contributed by atoms with Gasteiger partial charge in [0, 0.05) is 68.3 Å². The summed E-state index contributed by atoms with van der Waals surface area (Å²) in [5.41, 5.74) is 7.00. The Bertz CT molecular complexity index is 2570. The Labute approximate surface area is 401 Å². The molecule has 2 saturated heterocycles. The number of carbonyl (C=O) groups is 5. The molecule has 3 aliphatic rings. The number of nitrogens with zero attached hydrogens (tertiary/aromatic N) is 5. The molecule has 6 bridgehead atoms. The van der Waals surface area contributed by atoms with Gasteiger partial charge in [-0.2, -0.15) is 0 Å². The molecule has 0 saturated carbocycles. The molecule has 2 aromatic heterocycles. The second kappa shape index (κ2) is 20.5. The molecule has 0 aliphatic carbocycles. The van der Waals surface area contributed by atoms with Crippen molar-refractivity contribution in [1.82, 2.24) is 34.5 Å². The van der Waals surface area contributed by atoms with E-state index in [-0.39, 0.29) is 44.4 Å². The second-order valence-electron chi connectivity index (χ2n) is 19.3. The van der Waals surface area contributed by atoms with Gasteiger partial charge in [-0.3, -0.25) is 33.9 Å². The summed E-state index contributed by atoms with van der Waals surface area (Å²) in [5.74, 6) is -3.02. The number of phenols is 1. The van der Waals surface area contributed by atoms with Crippen molar-refractivity contribution >= 4 is 52.6 Å². The minimum Gasteiger partial charge on any atom is -0.508 e. The molecule has 5 heterocycles. The van der Waals surface area contributed by atoms with Gasteiger partial charge < -0.3 is 33.7 Å². The summed E-state index contributed by atoms with van der Waals surface area (Å²) in [4.78, 5) is 75.5. The number of benzene rings is 2. The van der Waals surface area contributed by atoms with Crippen molar-refractivity contribution in [3.05, 3.63) is 71.5 Å². The quantitative estimate of drug-likeness (QED) is 0.112. The molecule has 68 heavy (non-hydrogen) atoms. The number of aromatic nitrogens is 2. The summed E-state index contributed by atoms with van der Waals surface area (Å²) in [7, 11) is 4.19. The molecule has 16 nitrogen and oxygen atoms in total. The third-order valence-corrected chi connectivity index (χ3v) is 14.3. The average Bonchev–Trinajstić information content (AvgIpc) is 3.87. The van der Waals surface area contributed by atoms with E-state index < -0.39 is 70.7 Å². The van der Waals surface area contributed by atoms with E-state index in [4.69, 9.17) is 19.2 Å². The first kappa shape index (κ1) is 50.2. The maximum atomic E-state index is 16.2. The Morgan fingerprint density at radius 3 is 2.56 bits per heavy atom. The lowest BCUT2D eigenvalue weighted by Crippen LogP contribution is -2.58. The molecular weight excluding hydrogens is 894 g/mol. The number of amides is 4. The van der Waals surface area contributed by atoms with Crippen molar-refractivity contribution in [1.29, 1.82) is 0 Å². The van der Waals surface area contributed by atoms with Crippen molar-refractivity contribution in [2.45, 2.75) is 109 Å². The van der Waals surface area contributed by atoms with E-state index in [1.165, 1.54) is 19.2 Å². The van der Waals surface area contributed by atoms with Gasteiger partial charge in [-0.05, 0) is 116 Å². The van der Waals surface area contributed by atoms with Crippen molar-refractivity contribution < 1.29 is 47.7 Å². The zero-order chi connectivity index (χ0) is 49.2. The minimum atomic E-state index is -2.43. The first-order valence-electron chi connectivity index (χ1n) is 23.2. The molecule has 5 atom stereocenters. The van der Waals surface area contributed by atoms with Crippen LogP contribution in [0.1, 0.15) is 83.7 Å². The zero-order valence-corrected chi connectivity index (χ0v) is 41.2. The summed E-state index contributed by atoms with van der Waals surface area (Å²) in [5, 5.41) is 12.7. The van der Waals surface area contributed by atoms with E-state index in [1.54, 1.807) is 39.3 Å². The number of rotatable bonds is 10. The van der Waals surface area contributed by atoms with Crippen LogP contribution in [0.2, 0.25) is 0 Å². The number of aryl methyl sites for hydroxylation is 1. The number of likely N-dealkylation sites (N-methyl/N-ethyl adjacent to an activating group) is 1. The van der Waals surface area contributed by atoms with Crippen LogP contribution < -0.4 is 10.1 Å². The van der Waals surface area contributed by atoms with E-state index in [2.05, 4.69) is 53.7 Å². The van der Waals surface area contributed by atoms with E-state index in [9.17, 15) is 29.1 Å². The number of hydrogen-bond donors (Lipinski definition) is 3. The minimum absolute atomic E-state index is 0.0225. The molecule has 4 aromatic rings. The fourth-order valence-corrected chi connectivity index (χ4v) is 10.7. The Hall–Kier alpha value is -5.72. The van der Waals surface area contributed by atoms with Gasteiger partial charge >= 0.3 is 12.1 Å². The van der Waals surface area contributed by atoms with E-state index in [1.807, 2.05) is 25.1 Å². The number of cyclic esters (lactones) is 1. The molecule has 0 unspecified atom stereocenters. The highest BCUT2D eigenvalue weighted by molar-refractivity contribution is 7.99. The molecule has 0 spiro atoms. The molecule has 18 heteroatoms. The SMILES string of the molecule is CCn1c(-c2cccnc2[C@H](C)OC)c2c3cc(ccc31)-c1cc(O)cc(c1)C[C@H](SNC(=O)[C@H](C(C)C)N(C)C(=O)[C@]1(F)CCN(C(=O)OC)C1)C(=O)N1CCC[C@H](N1)C(=O)OCC(C)(C)C2. The van der Waals surface area contributed by atoms with Crippen LogP contribution in [0.3, 0.4) is 0 Å². The van der Waals surface area contributed by atoms with E-state index >= 15 is 4.39 Å². The van der Waals surface area contributed by atoms with Gasteiger partial charge in [0.15, 0.2) is 0 Å². The van der Waals surface area contributed by atoms with Gasteiger partial charge in [0.2, 0.25) is 5.67 Å². The number of fused-ring (bicyclic) bond motifs is 6. The number of hydrogen-bond acceptors (Lipinski definition) is 12. The highest BCUT2D eigenvalue weighted by Crippen LogP contribution is 2.42. The number of pyridine rings is 1. The fraction of sp³-hybridized carbons (Fsp3) is 0.520. The number of likely N-dealkylation sites (tertiary alicyclic amines) is 1.